The Morgan fingerprint density at radius 3 is 2.86 bits per heavy atom. The topological polar surface area (TPSA) is 12.0 Å². The van der Waals surface area contributed by atoms with Crippen molar-refractivity contribution in [3.8, 4) is 0 Å². The number of hydrogen-bond acceptors (Lipinski definition) is 1. The minimum Gasteiger partial charge on any atom is -0.313 e. The monoisotopic (exact) mass is 197 g/mol. The lowest BCUT2D eigenvalue weighted by molar-refractivity contribution is 0.340. The molecule has 0 aromatic heterocycles. The molecule has 0 aromatic rings. The van der Waals surface area contributed by atoms with Gasteiger partial charge in [-0.15, -0.1) is 0 Å². The molecule has 1 nitrogen and oxygen atoms in total. The van der Waals surface area contributed by atoms with Gasteiger partial charge in [-0.2, -0.15) is 0 Å². The molecule has 0 radical (unpaired) electrons. The maximum atomic E-state index is 3.74. The molecule has 1 aliphatic heterocycles. The van der Waals surface area contributed by atoms with Gasteiger partial charge in [-0.3, -0.25) is 0 Å². The number of hydrogen-bond donors (Lipinski definition) is 1. The Balaban J connectivity index is 2.27. The van der Waals surface area contributed by atoms with Crippen LogP contribution in [0.5, 0.6) is 0 Å². The second-order valence-electron chi connectivity index (χ2n) is 5.17. The summed E-state index contributed by atoms with van der Waals surface area (Å²) >= 11 is 0. The van der Waals surface area contributed by atoms with Crippen LogP contribution in [0.25, 0.3) is 0 Å². The molecule has 1 N–H and O–H groups in total. The van der Waals surface area contributed by atoms with Crippen LogP contribution in [0.1, 0.15) is 59.3 Å². The van der Waals surface area contributed by atoms with E-state index in [-0.39, 0.29) is 0 Å². The van der Waals surface area contributed by atoms with Gasteiger partial charge in [-0.1, -0.05) is 40.0 Å². The zero-order valence-electron chi connectivity index (χ0n) is 10.2. The molecule has 3 atom stereocenters. The number of nitrogens with one attached hydrogen (secondary N) is 1. The first-order chi connectivity index (χ1) is 6.74. The van der Waals surface area contributed by atoms with Crippen molar-refractivity contribution in [2.24, 2.45) is 11.8 Å². The molecule has 1 fully saturated rings. The predicted octanol–water partition coefficient (Wildman–Crippen LogP) is 3.59. The van der Waals surface area contributed by atoms with Gasteiger partial charge < -0.3 is 5.32 Å². The first kappa shape index (κ1) is 12.0. The highest BCUT2D eigenvalue weighted by Crippen LogP contribution is 2.21. The van der Waals surface area contributed by atoms with Crippen molar-refractivity contribution < 1.29 is 0 Å². The molecular formula is C13H27N. The zero-order valence-corrected chi connectivity index (χ0v) is 10.2. The summed E-state index contributed by atoms with van der Waals surface area (Å²) in [7, 11) is 0. The fraction of sp³-hybridized carbons (Fsp3) is 1.00. The molecule has 0 aromatic carbocycles. The summed E-state index contributed by atoms with van der Waals surface area (Å²) in [5.74, 6) is 1.76. The minimum absolute atomic E-state index is 0.798. The quantitative estimate of drug-likeness (QED) is 0.726. The summed E-state index contributed by atoms with van der Waals surface area (Å²) in [6.07, 6.45) is 8.39. The van der Waals surface area contributed by atoms with Gasteiger partial charge in [0.15, 0.2) is 0 Å². The molecule has 0 saturated carbocycles. The van der Waals surface area contributed by atoms with Gasteiger partial charge in [0.2, 0.25) is 0 Å². The third kappa shape index (κ3) is 4.00. The molecular weight excluding hydrogens is 170 g/mol. The average Bonchev–Trinajstić information content (AvgIpc) is 2.39. The molecule has 0 aliphatic carbocycles. The van der Waals surface area contributed by atoms with E-state index in [1.807, 2.05) is 0 Å². The highest BCUT2D eigenvalue weighted by Gasteiger charge is 2.19. The average molecular weight is 197 g/mol. The SMILES string of the molecule is CCCCC(C)C1CCCC(C)CN1. The highest BCUT2D eigenvalue weighted by atomic mass is 14.9. The smallest absolute Gasteiger partial charge is 0.00928 e. The molecule has 84 valence electrons. The lowest BCUT2D eigenvalue weighted by Gasteiger charge is -2.23. The van der Waals surface area contributed by atoms with E-state index in [9.17, 15) is 0 Å². The largest absolute Gasteiger partial charge is 0.313 e. The van der Waals surface area contributed by atoms with E-state index in [1.165, 1.54) is 45.1 Å². The van der Waals surface area contributed by atoms with E-state index in [0.717, 1.165) is 17.9 Å². The molecule has 1 heterocycles. The summed E-state index contributed by atoms with van der Waals surface area (Å²) in [6, 6.07) is 0.798. The summed E-state index contributed by atoms with van der Waals surface area (Å²) in [5.41, 5.74) is 0. The third-order valence-electron chi connectivity index (χ3n) is 3.64. The number of rotatable bonds is 4. The predicted molar refractivity (Wildman–Crippen MR) is 63.5 cm³/mol. The normalized spacial score (nSPS) is 31.1. The molecule has 0 spiro atoms. The summed E-state index contributed by atoms with van der Waals surface area (Å²) < 4.78 is 0. The maximum absolute atomic E-state index is 3.74. The van der Waals surface area contributed by atoms with Crippen molar-refractivity contribution in [2.75, 3.05) is 6.54 Å². The Hall–Kier alpha value is -0.0400. The fourth-order valence-corrected chi connectivity index (χ4v) is 2.46. The third-order valence-corrected chi connectivity index (χ3v) is 3.64. The van der Waals surface area contributed by atoms with Crippen LogP contribution < -0.4 is 5.32 Å². The summed E-state index contributed by atoms with van der Waals surface area (Å²) in [4.78, 5) is 0. The zero-order chi connectivity index (χ0) is 10.4. The second kappa shape index (κ2) is 6.44. The van der Waals surface area contributed by atoms with Gasteiger partial charge in [-0.05, 0) is 37.6 Å². The lowest BCUT2D eigenvalue weighted by atomic mass is 9.92. The van der Waals surface area contributed by atoms with Crippen LogP contribution in [0.2, 0.25) is 0 Å². The van der Waals surface area contributed by atoms with Gasteiger partial charge in [0, 0.05) is 6.04 Å². The van der Waals surface area contributed by atoms with Crippen LogP contribution in [0.3, 0.4) is 0 Å². The van der Waals surface area contributed by atoms with Gasteiger partial charge in [0.25, 0.3) is 0 Å². The summed E-state index contributed by atoms with van der Waals surface area (Å²) in [6.45, 7) is 8.31. The van der Waals surface area contributed by atoms with Crippen LogP contribution in [0.4, 0.5) is 0 Å². The Morgan fingerprint density at radius 1 is 1.36 bits per heavy atom. The Bertz CT molecular complexity index is 144. The second-order valence-corrected chi connectivity index (χ2v) is 5.17. The Morgan fingerprint density at radius 2 is 2.14 bits per heavy atom. The molecule has 1 saturated heterocycles. The lowest BCUT2D eigenvalue weighted by Crippen LogP contribution is -2.35. The van der Waals surface area contributed by atoms with Gasteiger partial charge in [0.05, 0.1) is 0 Å². The highest BCUT2D eigenvalue weighted by molar-refractivity contribution is 4.77. The van der Waals surface area contributed by atoms with Crippen LogP contribution in [0.15, 0.2) is 0 Å². The van der Waals surface area contributed by atoms with E-state index in [4.69, 9.17) is 0 Å². The molecule has 0 amide bonds. The molecule has 1 aliphatic rings. The van der Waals surface area contributed by atoms with Crippen LogP contribution in [-0.4, -0.2) is 12.6 Å². The van der Waals surface area contributed by atoms with Crippen molar-refractivity contribution in [3.63, 3.8) is 0 Å². The van der Waals surface area contributed by atoms with E-state index in [0.29, 0.717) is 0 Å². The van der Waals surface area contributed by atoms with Crippen LogP contribution >= 0.6 is 0 Å². The van der Waals surface area contributed by atoms with E-state index >= 15 is 0 Å². The van der Waals surface area contributed by atoms with E-state index < -0.39 is 0 Å². The fourth-order valence-electron chi connectivity index (χ4n) is 2.46. The van der Waals surface area contributed by atoms with Crippen molar-refractivity contribution in [2.45, 2.75) is 65.3 Å². The van der Waals surface area contributed by atoms with Crippen molar-refractivity contribution in [1.29, 1.82) is 0 Å². The van der Waals surface area contributed by atoms with Crippen molar-refractivity contribution in [1.82, 2.24) is 5.32 Å². The molecule has 1 rings (SSSR count). The maximum Gasteiger partial charge on any atom is 0.00928 e. The van der Waals surface area contributed by atoms with Gasteiger partial charge >= 0.3 is 0 Å². The van der Waals surface area contributed by atoms with Crippen LogP contribution in [-0.2, 0) is 0 Å². The van der Waals surface area contributed by atoms with Crippen molar-refractivity contribution >= 4 is 0 Å². The molecule has 3 unspecified atom stereocenters. The van der Waals surface area contributed by atoms with Gasteiger partial charge in [-0.25, -0.2) is 0 Å². The van der Waals surface area contributed by atoms with Crippen LogP contribution in [0, 0.1) is 11.8 Å². The van der Waals surface area contributed by atoms with E-state index in [2.05, 4.69) is 26.1 Å². The standard InChI is InChI=1S/C13H27N/c1-4-5-8-12(3)13-9-6-7-11(2)10-14-13/h11-14H,4-10H2,1-3H3. The Kier molecular flexibility index (Phi) is 5.54. The molecule has 0 bridgehead atoms. The Labute approximate surface area is 89.7 Å². The first-order valence-electron chi connectivity index (χ1n) is 6.47. The molecule has 1 heteroatoms. The van der Waals surface area contributed by atoms with Gasteiger partial charge in [0.1, 0.15) is 0 Å². The van der Waals surface area contributed by atoms with Crippen molar-refractivity contribution in [3.05, 3.63) is 0 Å². The molecule has 14 heavy (non-hydrogen) atoms. The first-order valence-corrected chi connectivity index (χ1v) is 6.47. The summed E-state index contributed by atoms with van der Waals surface area (Å²) in [5, 5.41) is 3.74. The van der Waals surface area contributed by atoms with E-state index in [1.54, 1.807) is 0 Å². The number of unbranched alkanes of at least 4 members (excludes halogenated alkanes) is 1. The minimum atomic E-state index is 0.798.